The van der Waals surface area contributed by atoms with Crippen molar-refractivity contribution in [2.75, 3.05) is 0 Å². The molecule has 0 bridgehead atoms. The molecule has 0 aliphatic carbocycles. The highest BCUT2D eigenvalue weighted by Crippen LogP contribution is 2.28. The average Bonchev–Trinajstić information content (AvgIpc) is 2.94. The summed E-state index contributed by atoms with van der Waals surface area (Å²) < 4.78 is 45.3. The Morgan fingerprint density at radius 2 is 1.18 bits per heavy atom. The molecule has 212 valence electrons. The molecule has 0 spiro atoms. The zero-order valence-corrected chi connectivity index (χ0v) is 23.5. The van der Waals surface area contributed by atoms with E-state index in [1.54, 1.807) is 12.1 Å². The summed E-state index contributed by atoms with van der Waals surface area (Å²) in [5, 5.41) is 0. The van der Waals surface area contributed by atoms with Crippen LogP contribution in [0.2, 0.25) is 0 Å². The van der Waals surface area contributed by atoms with Crippen LogP contribution >= 0.6 is 0 Å². The zero-order valence-electron chi connectivity index (χ0n) is 23.5. The Hall–Kier alpha value is -2.73. The van der Waals surface area contributed by atoms with Crippen LogP contribution in [0.5, 0.6) is 0 Å². The molecule has 0 saturated heterocycles. The topological polar surface area (TPSA) is 35.0 Å². The smallest absolute Gasteiger partial charge is 0.364 e. The summed E-state index contributed by atoms with van der Waals surface area (Å²) in [4.78, 5) is 9.05. The molecule has 3 nitrogen and oxygen atoms in total. The largest absolute Gasteiger partial charge is 0.414 e. The van der Waals surface area contributed by atoms with Crippen LogP contribution < -0.4 is 0 Å². The summed E-state index contributed by atoms with van der Waals surface area (Å²) >= 11 is 0. The van der Waals surface area contributed by atoms with E-state index >= 15 is 0 Å². The van der Waals surface area contributed by atoms with Crippen molar-refractivity contribution in [2.45, 2.75) is 110 Å². The van der Waals surface area contributed by atoms with E-state index < -0.39 is 12.3 Å². The van der Waals surface area contributed by atoms with E-state index in [0.717, 1.165) is 42.4 Å². The summed E-state index contributed by atoms with van der Waals surface area (Å²) in [6, 6.07) is 15.8. The number of rotatable bonds is 17. The fourth-order valence-electron chi connectivity index (χ4n) is 4.64. The first-order chi connectivity index (χ1) is 18.9. The van der Waals surface area contributed by atoms with Crippen LogP contribution in [0.3, 0.4) is 0 Å². The van der Waals surface area contributed by atoms with Crippen molar-refractivity contribution < 1.29 is 17.9 Å². The highest BCUT2D eigenvalue weighted by atomic mass is 19.4. The third-order valence-electron chi connectivity index (χ3n) is 7.11. The summed E-state index contributed by atoms with van der Waals surface area (Å²) in [7, 11) is 0. The minimum atomic E-state index is -4.35. The number of nitrogens with zero attached hydrogens (tertiary/aromatic N) is 2. The molecule has 1 heterocycles. The second-order valence-electron chi connectivity index (χ2n) is 10.4. The molecule has 2 aromatic carbocycles. The standard InChI is InChI=1S/C33H43F3N2O/c1-3-5-7-9-10-11-13-26-15-19-28(20-16-26)30-23-37-32(38-24-30)29-21-17-27(18-22-29)25-39-31(33(34,35)36)14-12-8-6-4-2/h15-24,31H,3-14,25H2,1-2H3. The van der Waals surface area contributed by atoms with Gasteiger partial charge in [0.05, 0.1) is 6.61 Å². The van der Waals surface area contributed by atoms with Crippen molar-refractivity contribution in [3.05, 3.63) is 72.1 Å². The molecule has 0 aliphatic rings. The maximum atomic E-state index is 13.3. The predicted molar refractivity (Wildman–Crippen MR) is 153 cm³/mol. The molecular formula is C33H43F3N2O. The SMILES string of the molecule is CCCCCCCCc1ccc(-c2cnc(-c3ccc(COC(CCCCCC)C(F)(F)F)cc3)nc2)cc1. The van der Waals surface area contributed by atoms with E-state index in [0.29, 0.717) is 17.8 Å². The van der Waals surface area contributed by atoms with Crippen LogP contribution in [0.25, 0.3) is 22.5 Å². The Morgan fingerprint density at radius 3 is 1.79 bits per heavy atom. The number of aromatic nitrogens is 2. The fraction of sp³-hybridized carbons (Fsp3) is 0.515. The Labute approximate surface area is 232 Å². The lowest BCUT2D eigenvalue weighted by molar-refractivity contribution is -0.225. The van der Waals surface area contributed by atoms with Crippen molar-refractivity contribution >= 4 is 0 Å². The minimum absolute atomic E-state index is 0.00360. The van der Waals surface area contributed by atoms with Crippen molar-refractivity contribution in [3.8, 4) is 22.5 Å². The van der Waals surface area contributed by atoms with E-state index in [9.17, 15) is 13.2 Å². The Bertz CT molecular complexity index is 1060. The van der Waals surface area contributed by atoms with Crippen molar-refractivity contribution in [3.63, 3.8) is 0 Å². The molecule has 6 heteroatoms. The van der Waals surface area contributed by atoms with Gasteiger partial charge >= 0.3 is 6.18 Å². The third kappa shape index (κ3) is 10.7. The van der Waals surface area contributed by atoms with Crippen LogP contribution in [0.15, 0.2) is 60.9 Å². The molecular weight excluding hydrogens is 497 g/mol. The Morgan fingerprint density at radius 1 is 0.641 bits per heavy atom. The maximum Gasteiger partial charge on any atom is 0.414 e. The normalized spacial score (nSPS) is 12.5. The molecule has 1 atom stereocenters. The van der Waals surface area contributed by atoms with Gasteiger partial charge in [-0.15, -0.1) is 0 Å². The summed E-state index contributed by atoms with van der Waals surface area (Å²) in [6.07, 6.45) is 9.71. The number of hydrogen-bond acceptors (Lipinski definition) is 3. The van der Waals surface area contributed by atoms with Gasteiger partial charge in [-0.1, -0.05) is 120 Å². The molecule has 3 aromatic rings. The molecule has 1 unspecified atom stereocenters. The number of alkyl halides is 3. The van der Waals surface area contributed by atoms with Crippen molar-refractivity contribution in [2.24, 2.45) is 0 Å². The van der Waals surface area contributed by atoms with Gasteiger partial charge in [-0.2, -0.15) is 13.2 Å². The summed E-state index contributed by atoms with van der Waals surface area (Å²) in [5.74, 6) is 0.579. The van der Waals surface area contributed by atoms with E-state index in [-0.39, 0.29) is 13.0 Å². The molecule has 0 N–H and O–H groups in total. The lowest BCUT2D eigenvalue weighted by atomic mass is 10.0. The Kier molecular flexibility index (Phi) is 12.9. The van der Waals surface area contributed by atoms with Gasteiger partial charge in [-0.3, -0.25) is 0 Å². The van der Waals surface area contributed by atoms with Gasteiger partial charge in [-0.25, -0.2) is 9.97 Å². The van der Waals surface area contributed by atoms with Crippen molar-refractivity contribution in [1.82, 2.24) is 9.97 Å². The Balaban J connectivity index is 1.51. The quantitative estimate of drug-likeness (QED) is 0.160. The van der Waals surface area contributed by atoms with Crippen LogP contribution in [0.1, 0.15) is 95.6 Å². The number of unbranched alkanes of at least 4 members (excludes halogenated alkanes) is 8. The highest BCUT2D eigenvalue weighted by Gasteiger charge is 2.40. The van der Waals surface area contributed by atoms with Crippen LogP contribution in [-0.4, -0.2) is 22.2 Å². The van der Waals surface area contributed by atoms with Crippen LogP contribution in [0.4, 0.5) is 13.2 Å². The van der Waals surface area contributed by atoms with Gasteiger partial charge in [0, 0.05) is 23.5 Å². The molecule has 0 amide bonds. The zero-order chi connectivity index (χ0) is 27.9. The highest BCUT2D eigenvalue weighted by molar-refractivity contribution is 5.64. The lowest BCUT2D eigenvalue weighted by Crippen LogP contribution is -2.31. The third-order valence-corrected chi connectivity index (χ3v) is 7.11. The number of benzene rings is 2. The van der Waals surface area contributed by atoms with Gasteiger partial charge in [0.2, 0.25) is 0 Å². The van der Waals surface area contributed by atoms with Crippen LogP contribution in [-0.2, 0) is 17.8 Å². The average molecular weight is 541 g/mol. The minimum Gasteiger partial charge on any atom is -0.364 e. The van der Waals surface area contributed by atoms with Gasteiger partial charge in [0.25, 0.3) is 0 Å². The first kappa shape index (κ1) is 30.8. The van der Waals surface area contributed by atoms with E-state index in [1.165, 1.54) is 44.1 Å². The first-order valence-electron chi connectivity index (χ1n) is 14.6. The summed E-state index contributed by atoms with van der Waals surface area (Å²) in [6.45, 7) is 4.20. The predicted octanol–water partition coefficient (Wildman–Crippen LogP) is 10.1. The van der Waals surface area contributed by atoms with Gasteiger partial charge in [0.1, 0.15) is 0 Å². The number of ether oxygens (including phenoxy) is 1. The number of hydrogen-bond donors (Lipinski definition) is 0. The molecule has 1 aromatic heterocycles. The molecule has 3 rings (SSSR count). The monoisotopic (exact) mass is 540 g/mol. The van der Waals surface area contributed by atoms with Gasteiger partial charge in [0.15, 0.2) is 11.9 Å². The molecule has 0 saturated carbocycles. The van der Waals surface area contributed by atoms with E-state index in [1.807, 2.05) is 31.5 Å². The second kappa shape index (κ2) is 16.4. The molecule has 0 aliphatic heterocycles. The van der Waals surface area contributed by atoms with Gasteiger partial charge < -0.3 is 4.74 Å². The van der Waals surface area contributed by atoms with E-state index in [2.05, 4.69) is 41.2 Å². The maximum absolute atomic E-state index is 13.3. The summed E-state index contributed by atoms with van der Waals surface area (Å²) in [5.41, 5.74) is 4.89. The second-order valence-corrected chi connectivity index (χ2v) is 10.4. The van der Waals surface area contributed by atoms with E-state index in [4.69, 9.17) is 4.74 Å². The first-order valence-corrected chi connectivity index (χ1v) is 14.6. The number of halogens is 3. The lowest BCUT2D eigenvalue weighted by Gasteiger charge is -2.21. The van der Waals surface area contributed by atoms with Gasteiger partial charge in [-0.05, 0) is 36.0 Å². The molecule has 0 fully saturated rings. The van der Waals surface area contributed by atoms with Crippen LogP contribution in [0, 0.1) is 0 Å². The number of aryl methyl sites for hydroxylation is 1. The molecule has 0 radical (unpaired) electrons. The molecule has 39 heavy (non-hydrogen) atoms. The fourth-order valence-corrected chi connectivity index (χ4v) is 4.64. The van der Waals surface area contributed by atoms with Crippen molar-refractivity contribution in [1.29, 1.82) is 0 Å².